The number of carbonyl (C=O) groups is 2. The van der Waals surface area contributed by atoms with Crippen LogP contribution < -0.4 is 3.27 Å². The van der Waals surface area contributed by atoms with E-state index in [9.17, 15) is 18.4 Å². The van der Waals surface area contributed by atoms with Gasteiger partial charge in [0.05, 0.1) is 0 Å². The van der Waals surface area contributed by atoms with Crippen LogP contribution in [0.2, 0.25) is 0 Å². The molecule has 0 amide bonds. The molecule has 24 heavy (non-hydrogen) atoms. The Bertz CT molecular complexity index is 607. The van der Waals surface area contributed by atoms with Crippen LogP contribution in [-0.2, 0) is 19.0 Å². The van der Waals surface area contributed by atoms with E-state index >= 15 is 0 Å². The van der Waals surface area contributed by atoms with Gasteiger partial charge >= 0.3 is 149 Å². The third kappa shape index (κ3) is 4.68. The fourth-order valence-corrected chi connectivity index (χ4v) is 4.83. The Morgan fingerprint density at radius 2 is 2.00 bits per heavy atom. The Morgan fingerprint density at radius 1 is 1.38 bits per heavy atom. The monoisotopic (exact) mass is 539 g/mol. The molecular formula is C15H16BiF2O6. The van der Waals surface area contributed by atoms with Gasteiger partial charge in [-0.15, -0.1) is 0 Å². The van der Waals surface area contributed by atoms with Crippen molar-refractivity contribution < 1.29 is 37.7 Å². The molecule has 1 aliphatic heterocycles. The average molecular weight is 539 g/mol. The van der Waals surface area contributed by atoms with Crippen molar-refractivity contribution in [2.45, 2.75) is 37.8 Å². The van der Waals surface area contributed by atoms with Gasteiger partial charge in [0.1, 0.15) is 0 Å². The number of carbonyl (C=O) groups excluding carboxylic acids is 1. The molecule has 0 saturated carbocycles. The van der Waals surface area contributed by atoms with Crippen molar-refractivity contribution in [1.82, 2.24) is 0 Å². The van der Waals surface area contributed by atoms with Crippen molar-refractivity contribution in [1.29, 1.82) is 0 Å². The van der Waals surface area contributed by atoms with E-state index in [1.807, 2.05) is 0 Å². The van der Waals surface area contributed by atoms with E-state index in [1.165, 1.54) is 13.8 Å². The molecule has 6 nitrogen and oxygen atoms in total. The molecule has 1 fully saturated rings. The molecule has 1 aromatic rings. The molecule has 0 unspecified atom stereocenters. The van der Waals surface area contributed by atoms with Crippen LogP contribution in [0, 0.1) is 0 Å². The van der Waals surface area contributed by atoms with Crippen LogP contribution in [-0.4, -0.2) is 68.5 Å². The first-order chi connectivity index (χ1) is 11.1. The van der Waals surface area contributed by atoms with Gasteiger partial charge in [-0.05, 0) is 0 Å². The minimum absolute atomic E-state index is 0.286. The molecule has 131 valence electrons. The van der Waals surface area contributed by atoms with E-state index in [0.717, 1.165) is 3.27 Å². The molecule has 0 aliphatic carbocycles. The van der Waals surface area contributed by atoms with Crippen molar-refractivity contribution in [3.63, 3.8) is 0 Å². The zero-order valence-electron chi connectivity index (χ0n) is 12.9. The normalized spacial score (nSPS) is 21.2. The summed E-state index contributed by atoms with van der Waals surface area (Å²) >= 11 is -2.07. The molecule has 1 saturated heterocycles. The Kier molecular flexibility index (Phi) is 5.88. The Labute approximate surface area is 148 Å². The second-order valence-corrected chi connectivity index (χ2v) is 9.84. The third-order valence-corrected chi connectivity index (χ3v) is 6.50. The summed E-state index contributed by atoms with van der Waals surface area (Å²) in [7, 11) is 0. The maximum atomic E-state index is 14.0. The van der Waals surface area contributed by atoms with Gasteiger partial charge in [-0.2, -0.15) is 0 Å². The second kappa shape index (κ2) is 7.37. The molecule has 0 aromatic heterocycles. The summed E-state index contributed by atoms with van der Waals surface area (Å²) in [5.74, 6) is -7.80. The van der Waals surface area contributed by atoms with Gasteiger partial charge in [0, 0.05) is 0 Å². The van der Waals surface area contributed by atoms with Crippen LogP contribution in [0.25, 0.3) is 0 Å². The van der Waals surface area contributed by atoms with Crippen molar-refractivity contribution in [2.75, 3.05) is 6.61 Å². The van der Waals surface area contributed by atoms with E-state index in [1.54, 1.807) is 30.3 Å². The summed E-state index contributed by atoms with van der Waals surface area (Å²) in [6.45, 7) is 2.73. The summed E-state index contributed by atoms with van der Waals surface area (Å²) in [5, 5.41) is 8.78. The zero-order chi connectivity index (χ0) is 18.0. The summed E-state index contributed by atoms with van der Waals surface area (Å²) in [4.78, 5) is 22.9. The topological polar surface area (TPSA) is 82.1 Å². The summed E-state index contributed by atoms with van der Waals surface area (Å²) in [6, 6.07) is 8.64. The fraction of sp³-hybridized carbons (Fsp3) is 0.467. The number of rotatable bonds is 6. The molecule has 9 heteroatoms. The van der Waals surface area contributed by atoms with Gasteiger partial charge in [0.2, 0.25) is 0 Å². The van der Waals surface area contributed by atoms with Crippen LogP contribution in [0.15, 0.2) is 30.3 Å². The van der Waals surface area contributed by atoms with Crippen LogP contribution >= 0.6 is 0 Å². The predicted octanol–water partition coefficient (Wildman–Crippen LogP) is 1.39. The Hall–Kier alpha value is -1.18. The first-order valence-corrected chi connectivity index (χ1v) is 10.5. The third-order valence-electron chi connectivity index (χ3n) is 3.21. The molecule has 1 radical (unpaired) electrons. The number of hydrogen-bond donors (Lipinski definition) is 1. The van der Waals surface area contributed by atoms with Gasteiger partial charge in [0.25, 0.3) is 0 Å². The van der Waals surface area contributed by atoms with Gasteiger partial charge in [-0.1, -0.05) is 0 Å². The SMILES string of the molecule is CC1(C)OC[C@H]([C@@H](O[C](=O)[Bi][c]2ccccc2)C(F)(F)C(=O)O)O1. The van der Waals surface area contributed by atoms with Crippen LogP contribution in [0.3, 0.4) is 0 Å². The molecule has 1 aromatic carbocycles. The van der Waals surface area contributed by atoms with E-state index in [4.69, 9.17) is 19.3 Å². The number of benzene rings is 1. The minimum atomic E-state index is -4.28. The van der Waals surface area contributed by atoms with Crippen molar-refractivity contribution >= 4 is 36.2 Å². The number of alkyl halides is 2. The second-order valence-electron chi connectivity index (χ2n) is 5.55. The molecule has 1 heterocycles. The van der Waals surface area contributed by atoms with Gasteiger partial charge in [-0.3, -0.25) is 0 Å². The van der Waals surface area contributed by atoms with Gasteiger partial charge in [0.15, 0.2) is 0 Å². The predicted molar refractivity (Wildman–Crippen MR) is 79.6 cm³/mol. The van der Waals surface area contributed by atoms with Gasteiger partial charge < -0.3 is 0 Å². The Balaban J connectivity index is 2.14. The molecule has 1 aliphatic rings. The van der Waals surface area contributed by atoms with Crippen LogP contribution in [0.5, 0.6) is 0 Å². The van der Waals surface area contributed by atoms with Crippen LogP contribution in [0.4, 0.5) is 13.6 Å². The molecule has 2 rings (SSSR count). The molecule has 1 N–H and O–H groups in total. The van der Waals surface area contributed by atoms with Crippen molar-refractivity contribution in [3.05, 3.63) is 30.3 Å². The molecule has 0 spiro atoms. The quantitative estimate of drug-likeness (QED) is 0.551. The first kappa shape index (κ1) is 19.2. The summed E-state index contributed by atoms with van der Waals surface area (Å²) in [6.07, 6.45) is -3.59. The zero-order valence-corrected chi connectivity index (χ0v) is 16.4. The number of hydrogen-bond acceptors (Lipinski definition) is 5. The summed E-state index contributed by atoms with van der Waals surface area (Å²) in [5.41, 5.74) is 0. The fourth-order valence-electron chi connectivity index (χ4n) is 2.11. The molecule has 2 atom stereocenters. The van der Waals surface area contributed by atoms with Crippen molar-refractivity contribution in [3.8, 4) is 0 Å². The van der Waals surface area contributed by atoms with Gasteiger partial charge in [-0.25, -0.2) is 0 Å². The number of carboxylic acids is 1. The molecule has 0 bridgehead atoms. The standard InChI is InChI=1S/C9H11F2O6.C6H5.Bi/c1-8(2)16-3-5(17-8)6(15-4-12)9(10,11)7(13)14;1-2-4-6-5-3-1;/h5-6H,3H2,1-2H3,(H,13,14);1-5H;/t5-,6-;;/m1../s1. The summed E-state index contributed by atoms with van der Waals surface area (Å²) < 4.78 is 43.3. The van der Waals surface area contributed by atoms with E-state index in [-0.39, 0.29) is 6.61 Å². The van der Waals surface area contributed by atoms with E-state index in [0.29, 0.717) is 0 Å². The maximum absolute atomic E-state index is 14.0. The number of ether oxygens (including phenoxy) is 3. The average Bonchev–Trinajstić information content (AvgIpc) is 2.85. The first-order valence-electron chi connectivity index (χ1n) is 7.02. The van der Waals surface area contributed by atoms with E-state index < -0.39 is 56.8 Å². The van der Waals surface area contributed by atoms with Crippen molar-refractivity contribution in [2.24, 2.45) is 0 Å². The van der Waals surface area contributed by atoms with Crippen LogP contribution in [0.1, 0.15) is 13.8 Å². The number of carboxylic acid groups (broad SMARTS) is 1. The number of halogens is 2. The Morgan fingerprint density at radius 3 is 2.50 bits per heavy atom. The number of aliphatic carboxylic acids is 1. The molecular weight excluding hydrogens is 523 g/mol. The van der Waals surface area contributed by atoms with E-state index in [2.05, 4.69) is 0 Å².